The summed E-state index contributed by atoms with van der Waals surface area (Å²) in [6, 6.07) is 17.0. The summed E-state index contributed by atoms with van der Waals surface area (Å²) >= 11 is 0. The molecule has 2 atom stereocenters. The van der Waals surface area contributed by atoms with E-state index in [0.717, 1.165) is 56.3 Å². The van der Waals surface area contributed by atoms with E-state index in [2.05, 4.69) is 59.2 Å². The molecule has 5 nitrogen and oxygen atoms in total. The van der Waals surface area contributed by atoms with E-state index in [4.69, 9.17) is 14.2 Å². The van der Waals surface area contributed by atoms with Crippen molar-refractivity contribution in [1.29, 1.82) is 0 Å². The van der Waals surface area contributed by atoms with E-state index in [9.17, 15) is 0 Å². The van der Waals surface area contributed by atoms with E-state index in [0.29, 0.717) is 19.1 Å². The van der Waals surface area contributed by atoms with Crippen LogP contribution in [-0.4, -0.2) is 64.1 Å². The Hall–Kier alpha value is -2.24. The lowest BCUT2D eigenvalue weighted by atomic mass is 9.90. The minimum absolute atomic E-state index is 0.215. The molecule has 0 saturated carbocycles. The lowest BCUT2D eigenvalue weighted by Gasteiger charge is -2.38. The van der Waals surface area contributed by atoms with Crippen LogP contribution in [0.15, 0.2) is 48.5 Å². The van der Waals surface area contributed by atoms with Gasteiger partial charge in [-0.15, -0.1) is 0 Å². The molecule has 2 aromatic carbocycles. The average molecular weight is 397 g/mol. The van der Waals surface area contributed by atoms with Crippen LogP contribution in [0, 0.1) is 0 Å². The smallest absolute Gasteiger partial charge is 0.184 e. The van der Waals surface area contributed by atoms with E-state index in [-0.39, 0.29) is 6.10 Å². The van der Waals surface area contributed by atoms with Crippen molar-refractivity contribution in [2.45, 2.75) is 25.4 Å². The van der Waals surface area contributed by atoms with Crippen LogP contribution in [0.4, 0.5) is 5.69 Å². The third-order valence-electron chi connectivity index (χ3n) is 6.18. The van der Waals surface area contributed by atoms with Crippen molar-refractivity contribution in [3.8, 4) is 11.5 Å². The van der Waals surface area contributed by atoms with Crippen LogP contribution in [-0.2, 0) is 4.74 Å². The normalized spacial score (nSPS) is 19.0. The summed E-state index contributed by atoms with van der Waals surface area (Å²) in [6.07, 6.45) is 1.32. The van der Waals surface area contributed by atoms with Gasteiger partial charge in [-0.2, -0.15) is 0 Å². The van der Waals surface area contributed by atoms with Gasteiger partial charge in [-0.1, -0.05) is 36.4 Å². The number of anilines is 1. The van der Waals surface area contributed by atoms with Crippen molar-refractivity contribution in [3.63, 3.8) is 0 Å². The molecule has 2 aliphatic rings. The molecule has 0 aromatic heterocycles. The van der Waals surface area contributed by atoms with Gasteiger partial charge in [-0.05, 0) is 37.6 Å². The van der Waals surface area contributed by atoms with E-state index >= 15 is 0 Å². The maximum atomic E-state index is 5.91. The van der Waals surface area contributed by atoms with Crippen LogP contribution < -0.4 is 14.4 Å². The number of methoxy groups -OCH3 is 1. The number of para-hydroxylation sites is 1. The zero-order chi connectivity index (χ0) is 20.1. The van der Waals surface area contributed by atoms with E-state index in [1.165, 1.54) is 5.56 Å². The summed E-state index contributed by atoms with van der Waals surface area (Å²) in [4.78, 5) is 5.00. The molecule has 5 heteroatoms. The Bertz CT molecular complexity index is 775. The summed E-state index contributed by atoms with van der Waals surface area (Å²) in [5.74, 6) is 2.20. The summed E-state index contributed by atoms with van der Waals surface area (Å²) in [7, 11) is 1.81. The summed E-state index contributed by atoms with van der Waals surface area (Å²) in [5.41, 5.74) is 2.53. The van der Waals surface area contributed by atoms with Gasteiger partial charge in [0.05, 0.1) is 11.8 Å². The second-order valence-electron chi connectivity index (χ2n) is 7.88. The van der Waals surface area contributed by atoms with Gasteiger partial charge in [0, 0.05) is 39.2 Å². The first-order valence-corrected chi connectivity index (χ1v) is 10.7. The van der Waals surface area contributed by atoms with Crippen LogP contribution in [0.2, 0.25) is 0 Å². The fraction of sp³-hybridized carbons (Fsp3) is 0.500. The van der Waals surface area contributed by atoms with Crippen LogP contribution >= 0.6 is 0 Å². The van der Waals surface area contributed by atoms with Gasteiger partial charge in [0.2, 0.25) is 0 Å². The van der Waals surface area contributed by atoms with Crippen LogP contribution in [0.5, 0.6) is 11.5 Å². The second kappa shape index (κ2) is 9.51. The first kappa shape index (κ1) is 20.0. The molecule has 0 bridgehead atoms. The molecule has 0 aliphatic carbocycles. The minimum Gasteiger partial charge on any atom is -0.486 e. The number of rotatable bonds is 7. The number of benzene rings is 2. The minimum atomic E-state index is 0.215. The molecule has 2 aliphatic heterocycles. The highest BCUT2D eigenvalue weighted by molar-refractivity contribution is 5.65. The van der Waals surface area contributed by atoms with Crippen molar-refractivity contribution in [2.75, 3.05) is 57.9 Å². The summed E-state index contributed by atoms with van der Waals surface area (Å²) < 4.78 is 17.3. The Morgan fingerprint density at radius 3 is 2.45 bits per heavy atom. The molecule has 0 spiro atoms. The van der Waals surface area contributed by atoms with Crippen molar-refractivity contribution < 1.29 is 14.2 Å². The Morgan fingerprint density at radius 2 is 1.69 bits per heavy atom. The van der Waals surface area contributed by atoms with E-state index < -0.39 is 0 Å². The SMILES string of the molecule is COC(C)C(CCN1CCN(c2cccc3c2OCCO3)CC1)c1ccccc1. The monoisotopic (exact) mass is 396 g/mol. The van der Waals surface area contributed by atoms with E-state index in [1.54, 1.807) is 0 Å². The lowest BCUT2D eigenvalue weighted by molar-refractivity contribution is 0.0860. The highest BCUT2D eigenvalue weighted by Gasteiger charge is 2.25. The van der Waals surface area contributed by atoms with Gasteiger partial charge in [0.1, 0.15) is 13.2 Å². The van der Waals surface area contributed by atoms with Gasteiger partial charge >= 0.3 is 0 Å². The number of fused-ring (bicyclic) bond motifs is 1. The molecule has 2 heterocycles. The number of ether oxygens (including phenoxy) is 3. The first-order chi connectivity index (χ1) is 14.3. The molecule has 0 radical (unpaired) electrons. The molecule has 2 unspecified atom stereocenters. The van der Waals surface area contributed by atoms with Crippen molar-refractivity contribution >= 4 is 5.69 Å². The molecule has 4 rings (SSSR count). The summed E-state index contributed by atoms with van der Waals surface area (Å²) in [6.45, 7) is 8.67. The standard InChI is InChI=1S/C24H32N2O3/c1-19(27-2)21(20-7-4-3-5-8-20)11-12-25-13-15-26(16-14-25)22-9-6-10-23-24(22)29-18-17-28-23/h3-10,19,21H,11-18H2,1-2H3. The second-order valence-corrected chi connectivity index (χ2v) is 7.88. The summed E-state index contributed by atoms with van der Waals surface area (Å²) in [5, 5.41) is 0. The molecular formula is C24H32N2O3. The predicted molar refractivity (Wildman–Crippen MR) is 116 cm³/mol. The van der Waals surface area contributed by atoms with Crippen LogP contribution in [0.25, 0.3) is 0 Å². The zero-order valence-electron chi connectivity index (χ0n) is 17.5. The van der Waals surface area contributed by atoms with Gasteiger partial charge in [-0.3, -0.25) is 4.90 Å². The largest absolute Gasteiger partial charge is 0.486 e. The highest BCUT2D eigenvalue weighted by atomic mass is 16.6. The van der Waals surface area contributed by atoms with E-state index in [1.807, 2.05) is 13.2 Å². The average Bonchev–Trinajstić information content (AvgIpc) is 2.80. The molecule has 1 saturated heterocycles. The predicted octanol–water partition coefficient (Wildman–Crippen LogP) is 3.79. The van der Waals surface area contributed by atoms with Crippen molar-refractivity contribution in [1.82, 2.24) is 4.90 Å². The number of nitrogens with zero attached hydrogens (tertiary/aromatic N) is 2. The Kier molecular flexibility index (Phi) is 6.57. The van der Waals surface area contributed by atoms with Crippen molar-refractivity contribution in [2.24, 2.45) is 0 Å². The zero-order valence-corrected chi connectivity index (χ0v) is 17.5. The quantitative estimate of drug-likeness (QED) is 0.711. The van der Waals surface area contributed by atoms with Crippen LogP contribution in [0.1, 0.15) is 24.8 Å². The molecule has 0 N–H and O–H groups in total. The highest BCUT2D eigenvalue weighted by Crippen LogP contribution is 2.39. The third-order valence-corrected chi connectivity index (χ3v) is 6.18. The molecule has 156 valence electrons. The van der Waals surface area contributed by atoms with Gasteiger partial charge in [0.15, 0.2) is 11.5 Å². The topological polar surface area (TPSA) is 34.2 Å². The van der Waals surface area contributed by atoms with Gasteiger partial charge in [0.25, 0.3) is 0 Å². The maximum Gasteiger partial charge on any atom is 0.184 e. The van der Waals surface area contributed by atoms with Crippen LogP contribution in [0.3, 0.4) is 0 Å². The Morgan fingerprint density at radius 1 is 0.931 bits per heavy atom. The number of hydrogen-bond acceptors (Lipinski definition) is 5. The molecule has 1 fully saturated rings. The van der Waals surface area contributed by atoms with Crippen molar-refractivity contribution in [3.05, 3.63) is 54.1 Å². The lowest BCUT2D eigenvalue weighted by Crippen LogP contribution is -2.47. The van der Waals surface area contributed by atoms with Gasteiger partial charge < -0.3 is 19.1 Å². The fourth-order valence-electron chi connectivity index (χ4n) is 4.38. The first-order valence-electron chi connectivity index (χ1n) is 10.7. The maximum absolute atomic E-state index is 5.91. The Balaban J connectivity index is 1.34. The number of hydrogen-bond donors (Lipinski definition) is 0. The molecular weight excluding hydrogens is 364 g/mol. The molecule has 0 amide bonds. The third kappa shape index (κ3) is 4.68. The molecule has 29 heavy (non-hydrogen) atoms. The van der Waals surface area contributed by atoms with Gasteiger partial charge in [-0.25, -0.2) is 0 Å². The number of piperazine rings is 1. The fourth-order valence-corrected chi connectivity index (χ4v) is 4.38. The molecule has 2 aromatic rings. The Labute approximate surface area is 174 Å².